The van der Waals surface area contributed by atoms with Crippen LogP contribution in [0.1, 0.15) is 23.6 Å². The van der Waals surface area contributed by atoms with E-state index in [1.54, 1.807) is 6.07 Å². The van der Waals surface area contributed by atoms with Gasteiger partial charge in [-0.1, -0.05) is 42.8 Å². The Hall–Kier alpha value is -2.59. The summed E-state index contributed by atoms with van der Waals surface area (Å²) in [5, 5.41) is 2.96. The highest BCUT2D eigenvalue weighted by molar-refractivity contribution is 6.53. The van der Waals surface area contributed by atoms with Crippen molar-refractivity contribution in [1.82, 2.24) is 0 Å². The van der Waals surface area contributed by atoms with Crippen LogP contribution in [-0.4, -0.2) is 11.8 Å². The maximum absolute atomic E-state index is 12.8. The number of hydrogen-bond donors (Lipinski definition) is 1. The van der Waals surface area contributed by atoms with E-state index in [1.807, 2.05) is 57.2 Å². The SMILES string of the molecule is CCc1ccccc1NC1=C(Cl)C(=O)N(c2ccc(C)c(C)c2)C1=O. The van der Waals surface area contributed by atoms with E-state index in [2.05, 4.69) is 5.32 Å². The molecule has 0 fully saturated rings. The molecule has 0 aliphatic carbocycles. The van der Waals surface area contributed by atoms with Gasteiger partial charge in [-0.3, -0.25) is 9.59 Å². The van der Waals surface area contributed by atoms with Gasteiger partial charge in [-0.25, -0.2) is 4.90 Å². The third-order valence-electron chi connectivity index (χ3n) is 4.43. The Bertz CT molecular complexity index is 902. The van der Waals surface area contributed by atoms with Gasteiger partial charge in [0.25, 0.3) is 11.8 Å². The van der Waals surface area contributed by atoms with Crippen LogP contribution >= 0.6 is 11.6 Å². The lowest BCUT2D eigenvalue weighted by atomic mass is 10.1. The first-order chi connectivity index (χ1) is 11.9. The van der Waals surface area contributed by atoms with Gasteiger partial charge < -0.3 is 5.32 Å². The van der Waals surface area contributed by atoms with Gasteiger partial charge in [-0.05, 0) is 55.2 Å². The Labute approximate surface area is 152 Å². The number of halogens is 1. The molecular formula is C20H19ClN2O2. The molecule has 128 valence electrons. The van der Waals surface area contributed by atoms with E-state index in [0.717, 1.165) is 33.7 Å². The quantitative estimate of drug-likeness (QED) is 0.833. The summed E-state index contributed by atoms with van der Waals surface area (Å²) < 4.78 is 0. The minimum atomic E-state index is -0.508. The second kappa shape index (κ2) is 6.73. The molecule has 0 bridgehead atoms. The standard InChI is InChI=1S/C20H19ClN2O2/c1-4-14-7-5-6-8-16(14)22-18-17(21)19(24)23(20(18)25)15-10-9-12(2)13(3)11-15/h5-11,22H,4H2,1-3H3. The highest BCUT2D eigenvalue weighted by atomic mass is 35.5. The molecule has 0 atom stereocenters. The summed E-state index contributed by atoms with van der Waals surface area (Å²) in [5.41, 5.74) is 4.57. The number of carbonyl (C=O) groups excluding carboxylic acids is 2. The van der Waals surface area contributed by atoms with Crippen molar-refractivity contribution in [2.75, 3.05) is 10.2 Å². The van der Waals surface area contributed by atoms with Crippen LogP contribution in [0.3, 0.4) is 0 Å². The van der Waals surface area contributed by atoms with Crippen molar-refractivity contribution < 1.29 is 9.59 Å². The first-order valence-electron chi connectivity index (χ1n) is 8.14. The number of aryl methyl sites for hydroxylation is 3. The predicted octanol–water partition coefficient (Wildman–Crippen LogP) is 4.30. The van der Waals surface area contributed by atoms with Crippen LogP contribution in [-0.2, 0) is 16.0 Å². The fourth-order valence-corrected chi connectivity index (χ4v) is 3.01. The molecule has 2 amide bonds. The van der Waals surface area contributed by atoms with Crippen molar-refractivity contribution in [1.29, 1.82) is 0 Å². The minimum absolute atomic E-state index is 0.0888. The number of carbonyl (C=O) groups is 2. The summed E-state index contributed by atoms with van der Waals surface area (Å²) >= 11 is 6.19. The monoisotopic (exact) mass is 354 g/mol. The lowest BCUT2D eigenvalue weighted by Gasteiger charge is -2.17. The van der Waals surface area contributed by atoms with Crippen molar-refractivity contribution in [3.8, 4) is 0 Å². The summed E-state index contributed by atoms with van der Waals surface area (Å²) in [6, 6.07) is 13.1. The molecule has 0 spiro atoms. The number of hydrogen-bond acceptors (Lipinski definition) is 3. The van der Waals surface area contributed by atoms with E-state index in [0.29, 0.717) is 5.69 Å². The zero-order chi connectivity index (χ0) is 18.1. The maximum Gasteiger partial charge on any atom is 0.283 e. The molecule has 1 heterocycles. The van der Waals surface area contributed by atoms with Crippen LogP contribution in [0.2, 0.25) is 0 Å². The lowest BCUT2D eigenvalue weighted by molar-refractivity contribution is -0.120. The largest absolute Gasteiger partial charge is 0.349 e. The summed E-state index contributed by atoms with van der Waals surface area (Å²) in [4.78, 5) is 26.5. The van der Waals surface area contributed by atoms with Gasteiger partial charge in [-0.2, -0.15) is 0 Å². The van der Waals surface area contributed by atoms with Gasteiger partial charge in [0.1, 0.15) is 10.7 Å². The third kappa shape index (κ3) is 3.05. The highest BCUT2D eigenvalue weighted by Crippen LogP contribution is 2.31. The van der Waals surface area contributed by atoms with Crippen molar-refractivity contribution in [2.45, 2.75) is 27.2 Å². The molecule has 3 rings (SSSR count). The summed E-state index contributed by atoms with van der Waals surface area (Å²) in [6.07, 6.45) is 0.803. The molecule has 0 saturated carbocycles. The van der Waals surface area contributed by atoms with Crippen LogP contribution in [0.5, 0.6) is 0 Å². The molecule has 4 nitrogen and oxygen atoms in total. The number of imide groups is 1. The molecule has 1 N–H and O–H groups in total. The highest BCUT2D eigenvalue weighted by Gasteiger charge is 2.39. The molecule has 25 heavy (non-hydrogen) atoms. The van der Waals surface area contributed by atoms with Crippen molar-refractivity contribution >= 4 is 34.8 Å². The average Bonchev–Trinajstić information content (AvgIpc) is 2.81. The molecule has 0 radical (unpaired) electrons. The van der Waals surface area contributed by atoms with E-state index in [1.165, 1.54) is 0 Å². The average molecular weight is 355 g/mol. The van der Waals surface area contributed by atoms with Gasteiger partial charge in [-0.15, -0.1) is 0 Å². The Morgan fingerprint density at radius 1 is 1.00 bits per heavy atom. The van der Waals surface area contributed by atoms with Crippen molar-refractivity contribution in [2.24, 2.45) is 0 Å². The second-order valence-electron chi connectivity index (χ2n) is 6.04. The smallest absolute Gasteiger partial charge is 0.283 e. The number of nitrogens with zero attached hydrogens (tertiary/aromatic N) is 1. The Balaban J connectivity index is 1.95. The zero-order valence-electron chi connectivity index (χ0n) is 14.4. The molecule has 1 aliphatic rings. The fourth-order valence-electron chi connectivity index (χ4n) is 2.80. The van der Waals surface area contributed by atoms with E-state index in [9.17, 15) is 9.59 Å². The number of amides is 2. The Morgan fingerprint density at radius 2 is 1.72 bits per heavy atom. The van der Waals surface area contributed by atoms with Gasteiger partial charge in [0.05, 0.1) is 5.69 Å². The zero-order valence-corrected chi connectivity index (χ0v) is 15.1. The second-order valence-corrected chi connectivity index (χ2v) is 6.42. The molecular weight excluding hydrogens is 336 g/mol. The number of anilines is 2. The van der Waals surface area contributed by atoms with Gasteiger partial charge in [0.15, 0.2) is 0 Å². The summed E-state index contributed by atoms with van der Waals surface area (Å²) in [5.74, 6) is -0.949. The van der Waals surface area contributed by atoms with E-state index < -0.39 is 11.8 Å². The van der Waals surface area contributed by atoms with Gasteiger partial charge >= 0.3 is 0 Å². The van der Waals surface area contributed by atoms with Crippen molar-refractivity contribution in [3.63, 3.8) is 0 Å². The molecule has 0 unspecified atom stereocenters. The summed E-state index contributed by atoms with van der Waals surface area (Å²) in [6.45, 7) is 5.95. The first kappa shape index (κ1) is 17.2. The van der Waals surface area contributed by atoms with E-state index in [4.69, 9.17) is 11.6 Å². The van der Waals surface area contributed by atoms with Crippen LogP contribution in [0.4, 0.5) is 11.4 Å². The minimum Gasteiger partial charge on any atom is -0.349 e. The molecule has 2 aromatic carbocycles. The van der Waals surface area contributed by atoms with E-state index in [-0.39, 0.29) is 10.7 Å². The number of para-hydroxylation sites is 1. The topological polar surface area (TPSA) is 49.4 Å². The maximum atomic E-state index is 12.8. The predicted molar refractivity (Wildman–Crippen MR) is 101 cm³/mol. The van der Waals surface area contributed by atoms with Gasteiger partial charge in [0.2, 0.25) is 0 Å². The molecule has 0 aromatic heterocycles. The van der Waals surface area contributed by atoms with E-state index >= 15 is 0 Å². The van der Waals surface area contributed by atoms with Crippen LogP contribution in [0.25, 0.3) is 0 Å². The normalized spacial score (nSPS) is 14.5. The molecule has 0 saturated heterocycles. The lowest BCUT2D eigenvalue weighted by Crippen LogP contribution is -2.32. The molecule has 5 heteroatoms. The van der Waals surface area contributed by atoms with Gasteiger partial charge in [0, 0.05) is 5.69 Å². The number of benzene rings is 2. The van der Waals surface area contributed by atoms with Crippen LogP contribution < -0.4 is 10.2 Å². The fraction of sp³-hybridized carbons (Fsp3) is 0.200. The Kier molecular flexibility index (Phi) is 4.64. The Morgan fingerprint density at radius 3 is 2.40 bits per heavy atom. The molecule has 1 aliphatic heterocycles. The van der Waals surface area contributed by atoms with Crippen LogP contribution in [0.15, 0.2) is 53.2 Å². The number of rotatable bonds is 4. The third-order valence-corrected chi connectivity index (χ3v) is 4.78. The van der Waals surface area contributed by atoms with Crippen LogP contribution in [0, 0.1) is 13.8 Å². The summed E-state index contributed by atoms with van der Waals surface area (Å²) in [7, 11) is 0. The first-order valence-corrected chi connectivity index (χ1v) is 8.52. The molecule has 2 aromatic rings. The number of nitrogens with one attached hydrogen (secondary N) is 1. The van der Waals surface area contributed by atoms with Crippen molar-refractivity contribution in [3.05, 3.63) is 69.9 Å².